The van der Waals surface area contributed by atoms with Gasteiger partial charge in [0.2, 0.25) is 0 Å². The van der Waals surface area contributed by atoms with Crippen LogP contribution in [0.1, 0.15) is 19.3 Å². The second kappa shape index (κ2) is 7.91. The van der Waals surface area contributed by atoms with E-state index in [9.17, 15) is 0 Å². The first-order valence-electron chi connectivity index (χ1n) is 3.69. The summed E-state index contributed by atoms with van der Waals surface area (Å²) in [6.45, 7) is 0. The van der Waals surface area contributed by atoms with E-state index in [-0.39, 0.29) is 11.1 Å². The predicted octanol–water partition coefficient (Wildman–Crippen LogP) is 4.09. The summed E-state index contributed by atoms with van der Waals surface area (Å²) >= 11 is 22.1. The Morgan fingerprint density at radius 2 is 1.00 bits per heavy atom. The maximum atomic E-state index is 5.53. The first kappa shape index (κ1) is 12.3. The Balaban J connectivity index is 2.91. The minimum absolute atomic E-state index is 0.224. The maximum absolute atomic E-state index is 5.53. The van der Waals surface area contributed by atoms with E-state index in [1.807, 2.05) is 0 Å². The average Bonchev–Trinajstić information content (AvgIpc) is 1.85. The fraction of sp³-hybridized carbons (Fsp3) is 1.00. The normalized spacial score (nSPS) is 9.82. The van der Waals surface area contributed by atoms with Crippen molar-refractivity contribution in [2.24, 2.45) is 0 Å². The van der Waals surface area contributed by atoms with Crippen molar-refractivity contribution in [2.75, 3.05) is 0 Å². The van der Waals surface area contributed by atoms with Crippen LogP contribution in [0.2, 0.25) is 12.6 Å². The van der Waals surface area contributed by atoms with Crippen LogP contribution in [-0.4, -0.2) is 11.1 Å². The van der Waals surface area contributed by atoms with Crippen molar-refractivity contribution in [1.82, 2.24) is 0 Å². The lowest BCUT2D eigenvalue weighted by Crippen LogP contribution is -1.94. The Hall–Kier alpha value is 1.29. The molecule has 0 aromatic heterocycles. The van der Waals surface area contributed by atoms with Crippen LogP contribution in [-0.2, 0) is 0 Å². The zero-order valence-corrected chi connectivity index (χ0v) is 9.23. The van der Waals surface area contributed by atoms with Gasteiger partial charge in [-0.05, 0) is 12.6 Å². The summed E-state index contributed by atoms with van der Waals surface area (Å²) in [7, 11) is 0. The Bertz CT molecular complexity index is 78.6. The summed E-state index contributed by atoms with van der Waals surface area (Å²) < 4.78 is 0. The summed E-state index contributed by atoms with van der Waals surface area (Å²) in [6, 6.07) is 0. The summed E-state index contributed by atoms with van der Waals surface area (Å²) in [5.74, 6) is 0. The molecule has 0 bridgehead atoms. The van der Waals surface area contributed by atoms with Crippen molar-refractivity contribution in [1.29, 1.82) is 0 Å². The van der Waals surface area contributed by atoms with Gasteiger partial charge in [0.15, 0.2) is 0 Å². The highest BCUT2D eigenvalue weighted by Crippen LogP contribution is 2.14. The molecule has 0 N–H and O–H groups in total. The van der Waals surface area contributed by atoms with Crippen LogP contribution in [0.4, 0.5) is 0 Å². The smallest absolute Gasteiger partial charge is 0.172 e. The van der Waals surface area contributed by atoms with Crippen LogP contribution >= 0.6 is 45.8 Å². The molecule has 0 aliphatic heterocycles. The quantitative estimate of drug-likeness (QED) is 0.479. The molecular weight excluding hydrogens is 223 g/mol. The highest BCUT2D eigenvalue weighted by atomic mass is 35.5. The molecule has 0 spiro atoms. The van der Waals surface area contributed by atoms with Gasteiger partial charge in [0.05, 0.1) is 0 Å². The van der Waals surface area contributed by atoms with E-state index >= 15 is 0 Å². The van der Waals surface area contributed by atoms with E-state index in [1.165, 1.54) is 0 Å². The van der Waals surface area contributed by atoms with E-state index in [0.29, 0.717) is 0 Å². The van der Waals surface area contributed by atoms with Crippen molar-refractivity contribution in [3.8, 4) is 0 Å². The van der Waals surface area contributed by atoms with Gasteiger partial charge in [-0.15, -0.1) is 0 Å². The Kier molecular flexibility index (Phi) is 8.84. The summed E-state index contributed by atoms with van der Waals surface area (Å²) in [6.07, 6.45) is 4.93. The minimum atomic E-state index is -0.224. The van der Waals surface area contributed by atoms with Crippen molar-refractivity contribution in [2.45, 2.75) is 31.9 Å². The molecule has 0 aromatic rings. The number of hydrogen-bond acceptors (Lipinski definition) is 0. The standard InChI is InChI=1S/C5H10B2Cl4/c8-6(9)4-2-1-3-5-7(10)11/h1-5H2. The zero-order chi connectivity index (χ0) is 8.69. The molecule has 0 atom stereocenters. The van der Waals surface area contributed by atoms with Gasteiger partial charge in [0, 0.05) is 0 Å². The number of halogens is 4. The molecule has 64 valence electrons. The second-order valence-corrected chi connectivity index (χ2v) is 4.97. The van der Waals surface area contributed by atoms with E-state index in [0.717, 1.165) is 31.9 Å². The SMILES string of the molecule is ClB(Cl)CCCCCB(Cl)Cl. The Labute approximate surface area is 88.7 Å². The summed E-state index contributed by atoms with van der Waals surface area (Å²) in [5, 5.41) is 0. The highest BCUT2D eigenvalue weighted by molar-refractivity contribution is 7.34. The lowest BCUT2D eigenvalue weighted by molar-refractivity contribution is 0.767. The summed E-state index contributed by atoms with van der Waals surface area (Å²) in [5.41, 5.74) is -0.449. The minimum Gasteiger partial charge on any atom is -0.172 e. The number of hydrogen-bond donors (Lipinski definition) is 0. The predicted molar refractivity (Wildman–Crippen MR) is 58.4 cm³/mol. The van der Waals surface area contributed by atoms with E-state index in [4.69, 9.17) is 45.8 Å². The van der Waals surface area contributed by atoms with E-state index in [2.05, 4.69) is 0 Å². The topological polar surface area (TPSA) is 0 Å². The second-order valence-electron chi connectivity index (χ2n) is 2.42. The van der Waals surface area contributed by atoms with Gasteiger partial charge >= 0.3 is 11.1 Å². The monoisotopic (exact) mass is 232 g/mol. The molecule has 0 radical (unpaired) electrons. The van der Waals surface area contributed by atoms with Gasteiger partial charge < -0.3 is 0 Å². The molecule has 0 aliphatic rings. The molecular formula is C5H10B2Cl4. The van der Waals surface area contributed by atoms with Gasteiger partial charge in [-0.25, -0.2) is 0 Å². The first-order chi connectivity index (χ1) is 5.13. The van der Waals surface area contributed by atoms with Crippen LogP contribution in [0.5, 0.6) is 0 Å². The van der Waals surface area contributed by atoms with Gasteiger partial charge in [-0.1, -0.05) is 19.3 Å². The van der Waals surface area contributed by atoms with Crippen molar-refractivity contribution in [3.05, 3.63) is 0 Å². The zero-order valence-electron chi connectivity index (χ0n) is 6.20. The van der Waals surface area contributed by atoms with Gasteiger partial charge in [-0.3, -0.25) is 0 Å². The molecule has 0 unspecified atom stereocenters. The molecule has 0 aliphatic carbocycles. The largest absolute Gasteiger partial charge is 0.351 e. The Morgan fingerprint density at radius 3 is 1.27 bits per heavy atom. The van der Waals surface area contributed by atoms with E-state index < -0.39 is 0 Å². The highest BCUT2D eigenvalue weighted by Gasteiger charge is 2.06. The van der Waals surface area contributed by atoms with Crippen molar-refractivity contribution >= 4 is 56.9 Å². The van der Waals surface area contributed by atoms with Gasteiger partial charge in [0.25, 0.3) is 0 Å². The molecule has 6 heteroatoms. The Morgan fingerprint density at radius 1 is 0.636 bits per heavy atom. The molecule has 0 saturated carbocycles. The van der Waals surface area contributed by atoms with Crippen LogP contribution < -0.4 is 0 Å². The van der Waals surface area contributed by atoms with Crippen molar-refractivity contribution < 1.29 is 0 Å². The molecule has 0 fully saturated rings. The average molecular weight is 234 g/mol. The molecule has 11 heavy (non-hydrogen) atoms. The van der Waals surface area contributed by atoms with Crippen LogP contribution in [0.25, 0.3) is 0 Å². The molecule has 0 rings (SSSR count). The fourth-order valence-corrected chi connectivity index (χ4v) is 1.39. The third-order valence-electron chi connectivity index (χ3n) is 1.34. The molecule has 0 saturated heterocycles. The van der Waals surface area contributed by atoms with Crippen LogP contribution in [0.15, 0.2) is 0 Å². The van der Waals surface area contributed by atoms with Crippen LogP contribution in [0, 0.1) is 0 Å². The number of rotatable bonds is 6. The molecule has 0 amide bonds. The van der Waals surface area contributed by atoms with E-state index in [1.54, 1.807) is 0 Å². The fourth-order valence-electron chi connectivity index (χ4n) is 0.774. The maximum Gasteiger partial charge on any atom is 0.351 e. The van der Waals surface area contributed by atoms with Gasteiger partial charge in [-0.2, -0.15) is 45.8 Å². The number of unbranched alkanes of at least 4 members (excludes halogenated alkanes) is 2. The third-order valence-corrected chi connectivity index (χ3v) is 2.22. The summed E-state index contributed by atoms with van der Waals surface area (Å²) in [4.78, 5) is 0. The van der Waals surface area contributed by atoms with Crippen LogP contribution in [0.3, 0.4) is 0 Å². The lowest BCUT2D eigenvalue weighted by atomic mass is 9.92. The first-order valence-corrected chi connectivity index (χ1v) is 5.44. The molecule has 0 heterocycles. The van der Waals surface area contributed by atoms with Crippen molar-refractivity contribution in [3.63, 3.8) is 0 Å². The lowest BCUT2D eigenvalue weighted by Gasteiger charge is -1.98. The van der Waals surface area contributed by atoms with Gasteiger partial charge in [0.1, 0.15) is 0 Å². The molecule has 0 nitrogen and oxygen atoms in total. The molecule has 0 aromatic carbocycles. The third kappa shape index (κ3) is 11.3.